The van der Waals surface area contributed by atoms with E-state index in [0.717, 1.165) is 5.56 Å². The van der Waals surface area contributed by atoms with Gasteiger partial charge in [-0.05, 0) is 78.6 Å². The van der Waals surface area contributed by atoms with Gasteiger partial charge in [-0.15, -0.1) is 0 Å². The number of hydrogen-bond donors (Lipinski definition) is 2. The first kappa shape index (κ1) is 27.7. The van der Waals surface area contributed by atoms with Crippen molar-refractivity contribution < 1.29 is 23.5 Å². The lowest BCUT2D eigenvalue weighted by Crippen LogP contribution is -2.48. The smallest absolute Gasteiger partial charge is 0.262 e. The molecule has 0 heterocycles. The highest BCUT2D eigenvalue weighted by Gasteiger charge is 2.24. The molecule has 2 amide bonds. The van der Waals surface area contributed by atoms with E-state index in [0.29, 0.717) is 35.3 Å². The molecule has 0 aromatic heterocycles. The fraction of sp³-hybridized carbons (Fsp3) is 0.250. The molecule has 1 unspecified atom stereocenters. The van der Waals surface area contributed by atoms with Crippen LogP contribution in [-0.4, -0.2) is 30.7 Å². The van der Waals surface area contributed by atoms with Crippen LogP contribution in [0.1, 0.15) is 42.3 Å². The van der Waals surface area contributed by atoms with Crippen molar-refractivity contribution in [2.45, 2.75) is 33.4 Å². The van der Waals surface area contributed by atoms with E-state index in [1.54, 1.807) is 44.2 Å². The number of benzene rings is 3. The minimum Gasteiger partial charge on any atom is -0.490 e. The van der Waals surface area contributed by atoms with E-state index >= 15 is 0 Å². The van der Waals surface area contributed by atoms with Crippen molar-refractivity contribution in [1.29, 1.82) is 0 Å². The van der Waals surface area contributed by atoms with E-state index in [2.05, 4.69) is 15.8 Å². The van der Waals surface area contributed by atoms with Crippen molar-refractivity contribution in [3.05, 3.63) is 94.3 Å². The number of nitrogens with one attached hydrogen (secondary N) is 2. The number of carbonyl (C=O) groups excluding carboxylic acids is 2. The molecule has 0 aliphatic rings. The molecule has 0 spiro atoms. The van der Waals surface area contributed by atoms with Gasteiger partial charge in [0.2, 0.25) is 0 Å². The number of hydrazone groups is 1. The summed E-state index contributed by atoms with van der Waals surface area (Å²) < 4.78 is 24.7. The van der Waals surface area contributed by atoms with E-state index in [9.17, 15) is 14.0 Å². The number of hydrogen-bond acceptors (Lipinski definition) is 5. The van der Waals surface area contributed by atoms with Crippen molar-refractivity contribution in [2.24, 2.45) is 11.0 Å². The van der Waals surface area contributed by atoms with E-state index in [-0.39, 0.29) is 11.5 Å². The molecule has 0 aliphatic carbocycles. The Morgan fingerprint density at radius 3 is 2.35 bits per heavy atom. The monoisotopic (exact) mass is 525 g/mol. The predicted molar refractivity (Wildman–Crippen MR) is 142 cm³/mol. The highest BCUT2D eigenvalue weighted by atomic mass is 35.5. The van der Waals surface area contributed by atoms with Gasteiger partial charge in [0.05, 0.1) is 12.8 Å². The maximum absolute atomic E-state index is 13.1. The summed E-state index contributed by atoms with van der Waals surface area (Å²) in [5, 5.41) is 7.37. The molecule has 0 saturated carbocycles. The number of rotatable bonds is 11. The maximum atomic E-state index is 13.1. The third-order valence-corrected chi connectivity index (χ3v) is 5.56. The topological polar surface area (TPSA) is 89.0 Å². The summed E-state index contributed by atoms with van der Waals surface area (Å²) in [5.74, 6) is -0.498. The SMILES string of the molecule is CCOc1cc(C=NNC(=O)C(NC(=O)c2ccc(F)cc2)C(C)C)ccc1OCc1ccc(Cl)cc1. The lowest BCUT2D eigenvalue weighted by Gasteiger charge is -2.20. The number of ether oxygens (including phenoxy) is 2. The Balaban J connectivity index is 1.62. The zero-order chi connectivity index (χ0) is 26.8. The first-order chi connectivity index (χ1) is 17.8. The fourth-order valence-electron chi connectivity index (χ4n) is 3.33. The van der Waals surface area contributed by atoms with E-state index in [4.69, 9.17) is 21.1 Å². The Bertz CT molecular complexity index is 1230. The fourth-order valence-corrected chi connectivity index (χ4v) is 3.46. The Morgan fingerprint density at radius 2 is 1.70 bits per heavy atom. The summed E-state index contributed by atoms with van der Waals surface area (Å²) in [6.45, 7) is 6.27. The van der Waals surface area contributed by atoms with Crippen LogP contribution in [0, 0.1) is 11.7 Å². The highest BCUT2D eigenvalue weighted by molar-refractivity contribution is 6.30. The van der Waals surface area contributed by atoms with E-state index < -0.39 is 23.7 Å². The number of carbonyl (C=O) groups is 2. The van der Waals surface area contributed by atoms with Gasteiger partial charge >= 0.3 is 0 Å². The Morgan fingerprint density at radius 1 is 1.00 bits per heavy atom. The Labute approximate surface area is 220 Å². The van der Waals surface area contributed by atoms with Crippen LogP contribution in [0.3, 0.4) is 0 Å². The zero-order valence-corrected chi connectivity index (χ0v) is 21.6. The quantitative estimate of drug-likeness (QED) is 0.260. The van der Waals surface area contributed by atoms with Crippen LogP contribution in [-0.2, 0) is 11.4 Å². The molecular weight excluding hydrogens is 497 g/mol. The van der Waals surface area contributed by atoms with Crippen LogP contribution < -0.4 is 20.2 Å². The average molecular weight is 526 g/mol. The second-order valence-electron chi connectivity index (χ2n) is 8.49. The van der Waals surface area contributed by atoms with Crippen molar-refractivity contribution in [3.8, 4) is 11.5 Å². The lowest BCUT2D eigenvalue weighted by molar-refractivity contribution is -0.123. The Kier molecular flexibility index (Phi) is 10.0. The summed E-state index contributed by atoms with van der Waals surface area (Å²) in [6, 6.07) is 16.9. The summed E-state index contributed by atoms with van der Waals surface area (Å²) in [4.78, 5) is 25.2. The molecule has 7 nitrogen and oxygen atoms in total. The second-order valence-corrected chi connectivity index (χ2v) is 8.93. The normalized spacial score (nSPS) is 11.8. The highest BCUT2D eigenvalue weighted by Crippen LogP contribution is 2.29. The molecule has 37 heavy (non-hydrogen) atoms. The molecule has 0 bridgehead atoms. The molecule has 9 heteroatoms. The van der Waals surface area contributed by atoms with Gasteiger partial charge in [-0.3, -0.25) is 9.59 Å². The first-order valence-electron chi connectivity index (χ1n) is 11.8. The van der Waals surface area contributed by atoms with Crippen LogP contribution in [0.15, 0.2) is 71.8 Å². The number of halogens is 2. The third kappa shape index (κ3) is 8.32. The summed E-state index contributed by atoms with van der Waals surface area (Å²) in [5.41, 5.74) is 4.37. The molecular formula is C28H29ClFN3O4. The summed E-state index contributed by atoms with van der Waals surface area (Å²) in [7, 11) is 0. The minimum atomic E-state index is -0.836. The minimum absolute atomic E-state index is 0.207. The predicted octanol–water partition coefficient (Wildman–Crippen LogP) is 5.36. The first-order valence-corrected chi connectivity index (χ1v) is 12.2. The zero-order valence-electron chi connectivity index (χ0n) is 20.8. The van der Waals surface area contributed by atoms with Crippen LogP contribution >= 0.6 is 11.6 Å². The molecule has 0 saturated heterocycles. The van der Waals surface area contributed by atoms with Crippen LogP contribution in [0.25, 0.3) is 0 Å². The van der Waals surface area contributed by atoms with Gasteiger partial charge in [0.15, 0.2) is 11.5 Å². The molecule has 2 N–H and O–H groups in total. The summed E-state index contributed by atoms with van der Waals surface area (Å²) in [6.07, 6.45) is 1.47. The molecule has 3 rings (SSSR count). The molecule has 3 aromatic carbocycles. The van der Waals surface area contributed by atoms with Gasteiger partial charge < -0.3 is 14.8 Å². The van der Waals surface area contributed by atoms with Crippen molar-refractivity contribution in [3.63, 3.8) is 0 Å². The molecule has 0 fully saturated rings. The molecule has 194 valence electrons. The lowest BCUT2D eigenvalue weighted by atomic mass is 10.0. The number of amides is 2. The van der Waals surface area contributed by atoms with Gasteiger partial charge in [-0.2, -0.15) is 5.10 Å². The second kappa shape index (κ2) is 13.4. The molecule has 3 aromatic rings. The van der Waals surface area contributed by atoms with Gasteiger partial charge in [-0.25, -0.2) is 9.82 Å². The average Bonchev–Trinajstić information content (AvgIpc) is 2.88. The Hall–Kier alpha value is -3.91. The largest absolute Gasteiger partial charge is 0.490 e. The molecule has 1 atom stereocenters. The maximum Gasteiger partial charge on any atom is 0.262 e. The van der Waals surface area contributed by atoms with E-state index in [1.807, 2.05) is 19.1 Å². The van der Waals surface area contributed by atoms with Crippen LogP contribution in [0.5, 0.6) is 11.5 Å². The van der Waals surface area contributed by atoms with Gasteiger partial charge in [0, 0.05) is 10.6 Å². The van der Waals surface area contributed by atoms with Crippen LogP contribution in [0.4, 0.5) is 4.39 Å². The van der Waals surface area contributed by atoms with Gasteiger partial charge in [0.25, 0.3) is 11.8 Å². The molecule has 0 radical (unpaired) electrons. The number of nitrogens with zero attached hydrogens (tertiary/aromatic N) is 1. The molecule has 0 aliphatic heterocycles. The van der Waals surface area contributed by atoms with Crippen molar-refractivity contribution in [1.82, 2.24) is 10.7 Å². The van der Waals surface area contributed by atoms with Crippen LogP contribution in [0.2, 0.25) is 5.02 Å². The third-order valence-electron chi connectivity index (χ3n) is 5.31. The van der Waals surface area contributed by atoms with E-state index in [1.165, 1.54) is 30.5 Å². The van der Waals surface area contributed by atoms with Crippen molar-refractivity contribution >= 4 is 29.6 Å². The van der Waals surface area contributed by atoms with Gasteiger partial charge in [-0.1, -0.05) is 37.6 Å². The van der Waals surface area contributed by atoms with Crippen molar-refractivity contribution in [2.75, 3.05) is 6.61 Å². The van der Waals surface area contributed by atoms with Gasteiger partial charge in [0.1, 0.15) is 18.5 Å². The summed E-state index contributed by atoms with van der Waals surface area (Å²) >= 11 is 5.93. The standard InChI is InChI=1S/C28H29ClFN3O4/c1-4-36-25-15-20(7-14-24(25)37-17-19-5-10-22(29)11-6-19)16-31-33-28(35)26(18(2)3)32-27(34)21-8-12-23(30)13-9-21/h5-16,18,26H,4,17H2,1-3H3,(H,32,34)(H,33,35).